The van der Waals surface area contributed by atoms with Crippen LogP contribution in [0.1, 0.15) is 46.5 Å². The van der Waals surface area contributed by atoms with Crippen molar-refractivity contribution < 1.29 is 28.2 Å². The zero-order chi connectivity index (χ0) is 24.9. The third-order valence-electron chi connectivity index (χ3n) is 5.81. The molecule has 2 aliphatic rings. The van der Waals surface area contributed by atoms with E-state index in [2.05, 4.69) is 5.32 Å². The second-order valence-electron chi connectivity index (χ2n) is 9.82. The highest BCUT2D eigenvalue weighted by molar-refractivity contribution is 6.32. The summed E-state index contributed by atoms with van der Waals surface area (Å²) >= 11 is 5.94. The standard InChI is InChI=1S/C24H33ClFN3O5/c1-24(2,3)34-23(32)29-11-4-6-16(13-29)22(31)27-18-7-5-10-28(14-18)21(30)15-33-20-9-8-17(26)12-19(20)25/h8-9,12,16,18H,4-7,10-11,13-15H2,1-3H3,(H,27,31)/t16-,18-/m0/s1. The molecule has 10 heteroatoms. The normalized spacial score (nSPS) is 21.1. The van der Waals surface area contributed by atoms with Crippen LogP contribution in [0, 0.1) is 11.7 Å². The van der Waals surface area contributed by atoms with Gasteiger partial charge in [0.1, 0.15) is 17.2 Å². The number of ether oxygens (including phenoxy) is 2. The van der Waals surface area contributed by atoms with Gasteiger partial charge in [-0.05, 0) is 64.7 Å². The van der Waals surface area contributed by atoms with Gasteiger partial charge in [0.05, 0.1) is 10.9 Å². The van der Waals surface area contributed by atoms with Crippen LogP contribution in [0.3, 0.4) is 0 Å². The zero-order valence-corrected chi connectivity index (χ0v) is 20.7. The number of benzene rings is 1. The summed E-state index contributed by atoms with van der Waals surface area (Å²) < 4.78 is 24.1. The molecule has 2 atom stereocenters. The van der Waals surface area contributed by atoms with Crippen molar-refractivity contribution in [2.75, 3.05) is 32.8 Å². The molecule has 188 valence electrons. The number of nitrogens with one attached hydrogen (secondary N) is 1. The van der Waals surface area contributed by atoms with E-state index in [4.69, 9.17) is 21.1 Å². The predicted octanol–water partition coefficient (Wildman–Crippen LogP) is 3.61. The minimum atomic E-state index is -0.587. The maximum atomic E-state index is 13.2. The van der Waals surface area contributed by atoms with Crippen LogP contribution >= 0.6 is 11.6 Å². The lowest BCUT2D eigenvalue weighted by Gasteiger charge is -2.36. The van der Waals surface area contributed by atoms with Crippen molar-refractivity contribution in [3.8, 4) is 5.75 Å². The molecule has 0 radical (unpaired) electrons. The Kier molecular flexibility index (Phi) is 8.62. The Labute approximate surface area is 204 Å². The smallest absolute Gasteiger partial charge is 0.410 e. The molecule has 1 N–H and O–H groups in total. The van der Waals surface area contributed by atoms with Crippen LogP contribution in [0.15, 0.2) is 18.2 Å². The van der Waals surface area contributed by atoms with E-state index in [1.165, 1.54) is 12.1 Å². The Balaban J connectivity index is 1.48. The minimum absolute atomic E-state index is 0.101. The largest absolute Gasteiger partial charge is 0.482 e. The lowest BCUT2D eigenvalue weighted by molar-refractivity contribution is -0.136. The second kappa shape index (κ2) is 11.3. The topological polar surface area (TPSA) is 88.2 Å². The molecule has 0 bridgehead atoms. The van der Waals surface area contributed by atoms with Gasteiger partial charge in [0.2, 0.25) is 5.91 Å². The van der Waals surface area contributed by atoms with Crippen LogP contribution < -0.4 is 10.1 Å². The third kappa shape index (κ3) is 7.48. The number of rotatable bonds is 5. The number of nitrogens with zero attached hydrogens (tertiary/aromatic N) is 2. The summed E-state index contributed by atoms with van der Waals surface area (Å²) in [5.41, 5.74) is -0.587. The Bertz CT molecular complexity index is 907. The summed E-state index contributed by atoms with van der Waals surface area (Å²) in [6.07, 6.45) is 2.55. The molecule has 0 aromatic heterocycles. The molecule has 2 heterocycles. The van der Waals surface area contributed by atoms with E-state index in [1.54, 1.807) is 9.80 Å². The molecule has 0 saturated carbocycles. The van der Waals surface area contributed by atoms with Crippen molar-refractivity contribution in [1.29, 1.82) is 0 Å². The van der Waals surface area contributed by atoms with E-state index >= 15 is 0 Å². The summed E-state index contributed by atoms with van der Waals surface area (Å²) in [6.45, 7) is 7.07. The van der Waals surface area contributed by atoms with Gasteiger partial charge in [0.15, 0.2) is 6.61 Å². The van der Waals surface area contributed by atoms with E-state index in [0.29, 0.717) is 32.6 Å². The SMILES string of the molecule is CC(C)(C)OC(=O)N1CCC[C@H](C(=O)N[C@H]2CCCN(C(=O)COc3ccc(F)cc3Cl)C2)C1. The van der Waals surface area contributed by atoms with Gasteiger partial charge in [-0.1, -0.05) is 11.6 Å². The number of halogens is 2. The Morgan fingerprint density at radius 2 is 1.82 bits per heavy atom. The highest BCUT2D eigenvalue weighted by atomic mass is 35.5. The van der Waals surface area contributed by atoms with E-state index in [1.807, 2.05) is 20.8 Å². The number of carbonyl (C=O) groups is 3. The maximum Gasteiger partial charge on any atom is 0.410 e. The second-order valence-corrected chi connectivity index (χ2v) is 10.2. The zero-order valence-electron chi connectivity index (χ0n) is 19.9. The Hall–Kier alpha value is -2.55. The lowest BCUT2D eigenvalue weighted by atomic mass is 9.96. The first-order valence-corrected chi connectivity index (χ1v) is 12.0. The molecule has 3 rings (SSSR count). The Morgan fingerprint density at radius 3 is 2.53 bits per heavy atom. The highest BCUT2D eigenvalue weighted by Crippen LogP contribution is 2.25. The predicted molar refractivity (Wildman–Crippen MR) is 125 cm³/mol. The van der Waals surface area contributed by atoms with Gasteiger partial charge in [0.25, 0.3) is 5.91 Å². The van der Waals surface area contributed by atoms with Gasteiger partial charge >= 0.3 is 6.09 Å². The quantitative estimate of drug-likeness (QED) is 0.671. The fourth-order valence-electron chi connectivity index (χ4n) is 4.15. The molecule has 0 aliphatic carbocycles. The number of likely N-dealkylation sites (tertiary alicyclic amines) is 2. The summed E-state index contributed by atoms with van der Waals surface area (Å²) in [5, 5.41) is 3.16. The van der Waals surface area contributed by atoms with Crippen LogP contribution in [-0.2, 0) is 14.3 Å². The molecule has 0 unspecified atom stereocenters. The summed E-state index contributed by atoms with van der Waals surface area (Å²) in [4.78, 5) is 41.2. The van der Waals surface area contributed by atoms with Gasteiger partial charge in [0, 0.05) is 32.2 Å². The van der Waals surface area contributed by atoms with Crippen molar-refractivity contribution in [2.24, 2.45) is 5.92 Å². The number of carbonyl (C=O) groups excluding carboxylic acids is 3. The first-order valence-electron chi connectivity index (χ1n) is 11.7. The molecule has 34 heavy (non-hydrogen) atoms. The van der Waals surface area contributed by atoms with E-state index in [-0.39, 0.29) is 41.2 Å². The Morgan fingerprint density at radius 1 is 1.12 bits per heavy atom. The monoisotopic (exact) mass is 497 g/mol. The molecule has 0 spiro atoms. The van der Waals surface area contributed by atoms with Crippen molar-refractivity contribution in [1.82, 2.24) is 15.1 Å². The minimum Gasteiger partial charge on any atom is -0.482 e. The van der Waals surface area contributed by atoms with E-state index in [0.717, 1.165) is 25.3 Å². The molecule has 2 saturated heterocycles. The van der Waals surface area contributed by atoms with Gasteiger partial charge in [-0.25, -0.2) is 9.18 Å². The summed E-state index contributed by atoms with van der Waals surface area (Å²) in [5.74, 6) is -0.887. The molecule has 8 nitrogen and oxygen atoms in total. The molecule has 1 aromatic rings. The number of hydrogen-bond donors (Lipinski definition) is 1. The van der Waals surface area contributed by atoms with Crippen LogP contribution in [0.5, 0.6) is 5.75 Å². The highest BCUT2D eigenvalue weighted by Gasteiger charge is 2.33. The van der Waals surface area contributed by atoms with Crippen molar-refractivity contribution >= 4 is 29.5 Å². The van der Waals surface area contributed by atoms with Crippen molar-refractivity contribution in [3.63, 3.8) is 0 Å². The summed E-state index contributed by atoms with van der Waals surface area (Å²) in [7, 11) is 0. The molecule has 2 fully saturated rings. The molecular formula is C24H33ClFN3O5. The molecule has 2 aliphatic heterocycles. The van der Waals surface area contributed by atoms with E-state index in [9.17, 15) is 18.8 Å². The fraction of sp³-hybridized carbons (Fsp3) is 0.625. The molecule has 3 amide bonds. The first-order chi connectivity index (χ1) is 16.0. The summed E-state index contributed by atoms with van der Waals surface area (Å²) in [6, 6.07) is 3.56. The lowest BCUT2D eigenvalue weighted by Crippen LogP contribution is -2.53. The number of hydrogen-bond acceptors (Lipinski definition) is 5. The van der Waals surface area contributed by atoms with Crippen LogP contribution in [0.4, 0.5) is 9.18 Å². The van der Waals surface area contributed by atoms with Crippen LogP contribution in [-0.4, -0.2) is 72.1 Å². The van der Waals surface area contributed by atoms with Gasteiger partial charge in [-0.3, -0.25) is 9.59 Å². The maximum absolute atomic E-state index is 13.2. The van der Waals surface area contributed by atoms with Crippen LogP contribution in [0.2, 0.25) is 5.02 Å². The third-order valence-corrected chi connectivity index (χ3v) is 6.10. The number of piperidine rings is 2. The van der Waals surface area contributed by atoms with Crippen LogP contribution in [0.25, 0.3) is 0 Å². The van der Waals surface area contributed by atoms with Gasteiger partial charge in [-0.15, -0.1) is 0 Å². The first kappa shape index (κ1) is 26.1. The molecule has 1 aromatic carbocycles. The average Bonchev–Trinajstić information content (AvgIpc) is 2.77. The average molecular weight is 498 g/mol. The number of amides is 3. The fourth-order valence-corrected chi connectivity index (χ4v) is 4.37. The van der Waals surface area contributed by atoms with E-state index < -0.39 is 17.5 Å². The van der Waals surface area contributed by atoms with Gasteiger partial charge < -0.3 is 24.6 Å². The van der Waals surface area contributed by atoms with Crippen molar-refractivity contribution in [3.05, 3.63) is 29.0 Å². The van der Waals surface area contributed by atoms with Gasteiger partial charge in [-0.2, -0.15) is 0 Å². The van der Waals surface area contributed by atoms with Crippen molar-refractivity contribution in [2.45, 2.75) is 58.1 Å². The molecular weight excluding hydrogens is 465 g/mol.